The molecule has 98 valence electrons. The lowest BCUT2D eigenvalue weighted by Gasteiger charge is -2.15. The van der Waals surface area contributed by atoms with Crippen LogP contribution in [0, 0.1) is 0 Å². The van der Waals surface area contributed by atoms with E-state index in [1.54, 1.807) is 0 Å². The summed E-state index contributed by atoms with van der Waals surface area (Å²) in [6.07, 6.45) is -4.46. The van der Waals surface area contributed by atoms with Crippen molar-refractivity contribution in [3.05, 3.63) is 29.8 Å². The average molecular weight is 279 g/mol. The van der Waals surface area contributed by atoms with Gasteiger partial charge in [0.05, 0.1) is 5.56 Å². The highest BCUT2D eigenvalue weighted by atomic mass is 32.2. The Morgan fingerprint density at radius 1 is 1.11 bits per heavy atom. The molecule has 0 radical (unpaired) electrons. The number of nitrogens with zero attached hydrogens (tertiary/aromatic N) is 1. The normalized spacial score (nSPS) is 19.3. The number of rotatable bonds is 1. The molecule has 1 aromatic carbocycles. The van der Waals surface area contributed by atoms with Gasteiger partial charge in [0.1, 0.15) is 11.6 Å². The maximum absolute atomic E-state index is 12.3. The Labute approximate surface area is 101 Å². The number of anilines is 1. The number of hydrogen-bond acceptors (Lipinski definition) is 3. The fraction of sp³-hybridized carbons (Fsp3) is 0.300. The molecule has 0 saturated carbocycles. The van der Waals surface area contributed by atoms with E-state index >= 15 is 0 Å². The Morgan fingerprint density at radius 2 is 1.67 bits per heavy atom. The van der Waals surface area contributed by atoms with E-state index in [1.807, 2.05) is 0 Å². The second kappa shape index (κ2) is 3.98. The van der Waals surface area contributed by atoms with Crippen LogP contribution >= 0.6 is 0 Å². The highest BCUT2D eigenvalue weighted by Crippen LogP contribution is 2.31. The molecule has 1 saturated heterocycles. The van der Waals surface area contributed by atoms with E-state index in [0.29, 0.717) is 0 Å². The summed E-state index contributed by atoms with van der Waals surface area (Å²) >= 11 is 0. The lowest BCUT2D eigenvalue weighted by atomic mass is 10.2. The Balaban J connectivity index is 2.29. The molecule has 1 aliphatic heterocycles. The average Bonchev–Trinajstić information content (AvgIpc) is 2.51. The van der Waals surface area contributed by atoms with E-state index in [4.69, 9.17) is 0 Å². The molecule has 0 N–H and O–H groups in total. The van der Waals surface area contributed by atoms with Crippen LogP contribution in [0.25, 0.3) is 0 Å². The molecule has 4 nitrogen and oxygen atoms in total. The monoisotopic (exact) mass is 279 g/mol. The summed E-state index contributed by atoms with van der Waals surface area (Å²) in [5.41, 5.74) is -0.699. The van der Waals surface area contributed by atoms with Gasteiger partial charge >= 0.3 is 6.18 Å². The molecule has 0 aliphatic carbocycles. The number of amides is 1. The predicted octanol–water partition coefficient (Wildman–Crippen LogP) is 1.42. The molecule has 0 aromatic heterocycles. The number of hydrogen-bond donors (Lipinski definition) is 0. The van der Waals surface area contributed by atoms with Crippen LogP contribution in [0.3, 0.4) is 0 Å². The molecule has 1 heterocycles. The van der Waals surface area contributed by atoms with Crippen molar-refractivity contribution in [1.29, 1.82) is 0 Å². The molecular formula is C10H8F3NO3S. The molecule has 1 amide bonds. The van der Waals surface area contributed by atoms with Crippen LogP contribution in [0.2, 0.25) is 0 Å². The van der Waals surface area contributed by atoms with E-state index in [2.05, 4.69) is 0 Å². The maximum Gasteiger partial charge on any atom is 0.416 e. The zero-order valence-corrected chi connectivity index (χ0v) is 9.75. The zero-order chi connectivity index (χ0) is 13.6. The quantitative estimate of drug-likeness (QED) is 0.781. The van der Waals surface area contributed by atoms with Gasteiger partial charge in [0.25, 0.3) is 0 Å². The van der Waals surface area contributed by atoms with Crippen LogP contribution in [0.5, 0.6) is 0 Å². The highest BCUT2D eigenvalue weighted by Gasteiger charge is 2.35. The van der Waals surface area contributed by atoms with E-state index in [-0.39, 0.29) is 5.69 Å². The molecule has 0 spiro atoms. The maximum atomic E-state index is 12.3. The van der Waals surface area contributed by atoms with Gasteiger partial charge in [0, 0.05) is 5.69 Å². The van der Waals surface area contributed by atoms with Crippen LogP contribution in [0.1, 0.15) is 5.56 Å². The number of carbonyl (C=O) groups excluding carboxylic acids is 1. The molecule has 1 aliphatic rings. The largest absolute Gasteiger partial charge is 0.416 e. The van der Waals surface area contributed by atoms with Crippen molar-refractivity contribution in [3.63, 3.8) is 0 Å². The smallest absolute Gasteiger partial charge is 0.297 e. The van der Waals surface area contributed by atoms with Gasteiger partial charge in [-0.25, -0.2) is 8.42 Å². The molecule has 1 aromatic rings. The van der Waals surface area contributed by atoms with Crippen molar-refractivity contribution in [1.82, 2.24) is 0 Å². The lowest BCUT2D eigenvalue weighted by Crippen LogP contribution is -2.25. The Morgan fingerprint density at radius 3 is 2.06 bits per heavy atom. The van der Waals surface area contributed by atoms with Crippen molar-refractivity contribution in [2.24, 2.45) is 0 Å². The van der Waals surface area contributed by atoms with Crippen molar-refractivity contribution in [2.75, 3.05) is 16.5 Å². The first kappa shape index (κ1) is 12.9. The summed E-state index contributed by atoms with van der Waals surface area (Å²) < 4.78 is 59.4. The highest BCUT2D eigenvalue weighted by molar-refractivity contribution is 7.92. The second-order valence-electron chi connectivity index (χ2n) is 3.88. The van der Waals surface area contributed by atoms with E-state index in [1.165, 1.54) is 0 Å². The zero-order valence-electron chi connectivity index (χ0n) is 8.94. The third-order valence-corrected chi connectivity index (χ3v) is 3.81. The minimum absolute atomic E-state index is 0.147. The summed E-state index contributed by atoms with van der Waals surface area (Å²) in [5, 5.41) is 0. The van der Waals surface area contributed by atoms with Gasteiger partial charge in [-0.3, -0.25) is 9.69 Å². The van der Waals surface area contributed by atoms with Crippen LogP contribution in [0.15, 0.2) is 24.3 Å². The Hall–Kier alpha value is -1.57. The first-order chi connectivity index (χ1) is 8.19. The number of alkyl halides is 3. The van der Waals surface area contributed by atoms with Gasteiger partial charge in [-0.15, -0.1) is 0 Å². The fourth-order valence-electron chi connectivity index (χ4n) is 1.63. The van der Waals surface area contributed by atoms with Gasteiger partial charge in [0.2, 0.25) is 5.91 Å². The fourth-order valence-corrected chi connectivity index (χ4v) is 2.94. The standard InChI is InChI=1S/C10H8F3NO3S/c11-10(12,13)7-1-3-8(4-2-7)14-6-18(16,17)5-9(14)15/h1-4H,5-6H2. The van der Waals surface area contributed by atoms with Gasteiger partial charge in [-0.05, 0) is 24.3 Å². The minimum Gasteiger partial charge on any atom is -0.297 e. The molecule has 1 fully saturated rings. The van der Waals surface area contributed by atoms with Crippen molar-refractivity contribution < 1.29 is 26.4 Å². The summed E-state index contributed by atoms with van der Waals surface area (Å²) in [7, 11) is -3.48. The minimum atomic E-state index is -4.46. The van der Waals surface area contributed by atoms with Crippen LogP contribution in [0.4, 0.5) is 18.9 Å². The predicted molar refractivity (Wildman–Crippen MR) is 57.6 cm³/mol. The van der Waals surface area contributed by atoms with E-state index in [9.17, 15) is 26.4 Å². The third-order valence-electron chi connectivity index (χ3n) is 2.48. The number of halogens is 3. The molecule has 0 atom stereocenters. The van der Waals surface area contributed by atoms with E-state index < -0.39 is 39.1 Å². The van der Waals surface area contributed by atoms with E-state index in [0.717, 1.165) is 29.2 Å². The summed E-state index contributed by atoms with van der Waals surface area (Å²) in [6, 6.07) is 3.80. The van der Waals surface area contributed by atoms with Crippen LogP contribution in [-0.2, 0) is 20.8 Å². The Kier molecular flexibility index (Phi) is 2.84. The molecule has 0 bridgehead atoms. The SMILES string of the molecule is O=C1CS(=O)(=O)CN1c1ccc(C(F)(F)F)cc1. The van der Waals surface area contributed by atoms with Crippen molar-refractivity contribution in [2.45, 2.75) is 6.18 Å². The molecule has 2 rings (SSSR count). The number of sulfone groups is 1. The third kappa shape index (κ3) is 2.47. The molecule has 8 heteroatoms. The first-order valence-corrected chi connectivity index (χ1v) is 6.69. The van der Waals surface area contributed by atoms with Crippen molar-refractivity contribution >= 4 is 21.4 Å². The van der Waals surface area contributed by atoms with Gasteiger partial charge < -0.3 is 0 Å². The van der Waals surface area contributed by atoms with Crippen molar-refractivity contribution in [3.8, 4) is 0 Å². The second-order valence-corrected chi connectivity index (χ2v) is 5.92. The van der Waals surface area contributed by atoms with Gasteiger partial charge in [-0.2, -0.15) is 13.2 Å². The summed E-state index contributed by atoms with van der Waals surface area (Å²) in [5.74, 6) is -1.72. The number of benzene rings is 1. The molecule has 0 unspecified atom stereocenters. The summed E-state index contributed by atoms with van der Waals surface area (Å²) in [6.45, 7) is 0. The lowest BCUT2D eigenvalue weighted by molar-refractivity contribution is -0.137. The number of carbonyl (C=O) groups is 1. The summed E-state index contributed by atoms with van der Waals surface area (Å²) in [4.78, 5) is 12.4. The Bertz CT molecular complexity index is 577. The van der Waals surface area contributed by atoms with Gasteiger partial charge in [0.15, 0.2) is 9.84 Å². The first-order valence-electron chi connectivity index (χ1n) is 4.87. The molecular weight excluding hydrogens is 271 g/mol. The van der Waals surface area contributed by atoms with Crippen LogP contribution in [-0.4, -0.2) is 26.0 Å². The topological polar surface area (TPSA) is 54.5 Å². The van der Waals surface area contributed by atoms with Gasteiger partial charge in [-0.1, -0.05) is 0 Å². The molecule has 18 heavy (non-hydrogen) atoms. The van der Waals surface area contributed by atoms with Crippen LogP contribution < -0.4 is 4.90 Å².